The highest BCUT2D eigenvalue weighted by Crippen LogP contribution is 2.15. The lowest BCUT2D eigenvalue weighted by Gasteiger charge is -2.01. The topological polar surface area (TPSA) is 56.3 Å². The first-order valence-corrected chi connectivity index (χ1v) is 3.27. The van der Waals surface area contributed by atoms with Gasteiger partial charge in [-0.25, -0.2) is 0 Å². The maximum absolute atomic E-state index is 10.9. The highest BCUT2D eigenvalue weighted by atomic mass is 16.5. The number of aldehydes is 1. The molecule has 0 aromatic carbocycles. The Labute approximate surface area is 69.2 Å². The molecule has 12 heavy (non-hydrogen) atoms. The van der Waals surface area contributed by atoms with E-state index in [9.17, 15) is 9.59 Å². The van der Waals surface area contributed by atoms with Crippen molar-refractivity contribution >= 4 is 12.1 Å². The number of carbonyl (C=O) groups is 2. The predicted octanol–water partition coefficient (Wildman–Crippen LogP) is 0.472. The Balaban J connectivity index is 3.13. The average Bonchev–Trinajstić information content (AvgIpc) is 2.16. The van der Waals surface area contributed by atoms with Crippen LogP contribution in [0.1, 0.15) is 10.4 Å². The number of nitrogens with zero attached hydrogens (tertiary/aromatic N) is 1. The Morgan fingerprint density at radius 1 is 1.67 bits per heavy atom. The van der Waals surface area contributed by atoms with Crippen molar-refractivity contribution in [2.24, 2.45) is 0 Å². The molecule has 4 heteroatoms. The molecule has 0 saturated heterocycles. The summed E-state index contributed by atoms with van der Waals surface area (Å²) in [6, 6.07) is 1.52. The molecule has 0 aliphatic carbocycles. The SMILES string of the molecule is COc1ccncc1C(=O)C=O. The fourth-order valence-electron chi connectivity index (χ4n) is 0.808. The molecule has 1 aromatic heterocycles. The van der Waals surface area contributed by atoms with Gasteiger partial charge in [0.25, 0.3) is 0 Å². The van der Waals surface area contributed by atoms with Gasteiger partial charge in [0.15, 0.2) is 6.29 Å². The van der Waals surface area contributed by atoms with Crippen LogP contribution in [0.4, 0.5) is 0 Å². The van der Waals surface area contributed by atoms with E-state index in [0.29, 0.717) is 5.75 Å². The average molecular weight is 165 g/mol. The normalized spacial score (nSPS) is 9.08. The summed E-state index contributed by atoms with van der Waals surface area (Å²) >= 11 is 0. The number of pyridine rings is 1. The number of aromatic nitrogens is 1. The van der Waals surface area contributed by atoms with Gasteiger partial charge >= 0.3 is 0 Å². The third kappa shape index (κ3) is 1.47. The lowest BCUT2D eigenvalue weighted by atomic mass is 10.2. The van der Waals surface area contributed by atoms with E-state index in [-0.39, 0.29) is 11.8 Å². The molecule has 0 atom stereocenters. The Hall–Kier alpha value is -1.71. The molecule has 0 amide bonds. The molecule has 0 aliphatic rings. The third-order valence-electron chi connectivity index (χ3n) is 1.37. The van der Waals surface area contributed by atoms with E-state index in [1.54, 1.807) is 0 Å². The van der Waals surface area contributed by atoms with E-state index in [2.05, 4.69) is 4.98 Å². The smallest absolute Gasteiger partial charge is 0.230 e. The van der Waals surface area contributed by atoms with E-state index in [1.165, 1.54) is 25.6 Å². The molecule has 1 heterocycles. The summed E-state index contributed by atoms with van der Waals surface area (Å²) in [6.45, 7) is 0. The van der Waals surface area contributed by atoms with E-state index in [4.69, 9.17) is 4.74 Å². The van der Waals surface area contributed by atoms with Gasteiger partial charge in [-0.05, 0) is 6.07 Å². The van der Waals surface area contributed by atoms with Crippen molar-refractivity contribution in [2.45, 2.75) is 0 Å². The molecular weight excluding hydrogens is 158 g/mol. The molecule has 0 radical (unpaired) electrons. The molecule has 0 N–H and O–H groups in total. The maximum atomic E-state index is 10.9. The molecule has 0 bridgehead atoms. The minimum Gasteiger partial charge on any atom is -0.496 e. The Morgan fingerprint density at radius 3 is 3.00 bits per heavy atom. The highest BCUT2D eigenvalue weighted by molar-refractivity contribution is 6.34. The molecule has 0 aliphatic heterocycles. The molecule has 4 nitrogen and oxygen atoms in total. The van der Waals surface area contributed by atoms with E-state index in [1.807, 2.05) is 0 Å². The van der Waals surface area contributed by atoms with Gasteiger partial charge in [-0.3, -0.25) is 14.6 Å². The number of ketones is 1. The Morgan fingerprint density at radius 2 is 2.42 bits per heavy atom. The molecule has 0 fully saturated rings. The van der Waals surface area contributed by atoms with Gasteiger partial charge in [-0.2, -0.15) is 0 Å². The highest BCUT2D eigenvalue weighted by Gasteiger charge is 2.09. The van der Waals surface area contributed by atoms with Gasteiger partial charge in [0.2, 0.25) is 5.78 Å². The monoisotopic (exact) mass is 165 g/mol. The summed E-state index contributed by atoms with van der Waals surface area (Å²) in [7, 11) is 1.43. The number of rotatable bonds is 3. The second-order valence-electron chi connectivity index (χ2n) is 2.06. The molecule has 62 valence electrons. The molecule has 1 aromatic rings. The standard InChI is InChI=1S/C8H7NO3/c1-12-8-2-3-9-4-6(8)7(11)5-10/h2-5H,1H3. The number of ether oxygens (including phenoxy) is 1. The second-order valence-corrected chi connectivity index (χ2v) is 2.06. The van der Waals surface area contributed by atoms with Crippen molar-refractivity contribution in [1.29, 1.82) is 0 Å². The summed E-state index contributed by atoms with van der Waals surface area (Å²) in [6.07, 6.45) is 3.02. The Kier molecular flexibility index (Phi) is 2.53. The lowest BCUT2D eigenvalue weighted by molar-refractivity contribution is -0.104. The number of methoxy groups -OCH3 is 1. The fraction of sp³-hybridized carbons (Fsp3) is 0.125. The van der Waals surface area contributed by atoms with Gasteiger partial charge in [0.1, 0.15) is 5.75 Å². The van der Waals surface area contributed by atoms with Gasteiger partial charge in [0, 0.05) is 12.4 Å². The second kappa shape index (κ2) is 3.61. The molecule has 0 unspecified atom stereocenters. The van der Waals surface area contributed by atoms with Gasteiger partial charge in [0.05, 0.1) is 12.7 Å². The molecule has 1 rings (SSSR count). The van der Waals surface area contributed by atoms with Crippen LogP contribution in [0.3, 0.4) is 0 Å². The minimum atomic E-state index is -0.625. The van der Waals surface area contributed by atoms with Crippen LogP contribution in [0.15, 0.2) is 18.5 Å². The van der Waals surface area contributed by atoms with Gasteiger partial charge in [-0.1, -0.05) is 0 Å². The molecule has 0 saturated carbocycles. The summed E-state index contributed by atoms with van der Waals surface area (Å²) in [5, 5.41) is 0. The van der Waals surface area contributed by atoms with Crippen LogP contribution in [0, 0.1) is 0 Å². The van der Waals surface area contributed by atoms with Gasteiger partial charge in [-0.15, -0.1) is 0 Å². The first-order valence-electron chi connectivity index (χ1n) is 3.27. The van der Waals surface area contributed by atoms with Crippen molar-refractivity contribution in [3.63, 3.8) is 0 Å². The van der Waals surface area contributed by atoms with E-state index >= 15 is 0 Å². The first-order chi connectivity index (χ1) is 5.79. The largest absolute Gasteiger partial charge is 0.496 e. The Bertz CT molecular complexity index is 309. The van der Waals surface area contributed by atoms with Crippen molar-refractivity contribution in [1.82, 2.24) is 4.98 Å². The van der Waals surface area contributed by atoms with Crippen molar-refractivity contribution in [3.8, 4) is 5.75 Å². The van der Waals surface area contributed by atoms with Crippen LogP contribution in [-0.2, 0) is 4.79 Å². The lowest BCUT2D eigenvalue weighted by Crippen LogP contribution is -2.03. The van der Waals surface area contributed by atoms with Crippen LogP contribution >= 0.6 is 0 Å². The van der Waals surface area contributed by atoms with Gasteiger partial charge < -0.3 is 4.74 Å². The van der Waals surface area contributed by atoms with Crippen LogP contribution in [0.25, 0.3) is 0 Å². The zero-order valence-corrected chi connectivity index (χ0v) is 6.48. The fourth-order valence-corrected chi connectivity index (χ4v) is 0.808. The zero-order valence-electron chi connectivity index (χ0n) is 6.48. The van der Waals surface area contributed by atoms with E-state index < -0.39 is 5.78 Å². The van der Waals surface area contributed by atoms with Crippen LogP contribution in [-0.4, -0.2) is 24.2 Å². The van der Waals surface area contributed by atoms with Crippen molar-refractivity contribution in [3.05, 3.63) is 24.0 Å². The van der Waals surface area contributed by atoms with Crippen molar-refractivity contribution in [2.75, 3.05) is 7.11 Å². The maximum Gasteiger partial charge on any atom is 0.230 e. The predicted molar refractivity (Wildman–Crippen MR) is 41.2 cm³/mol. The number of carbonyl (C=O) groups excluding carboxylic acids is 2. The minimum absolute atomic E-state index is 0.190. The zero-order chi connectivity index (χ0) is 8.97. The first kappa shape index (κ1) is 8.39. The number of hydrogen-bond donors (Lipinski definition) is 0. The molecular formula is C8H7NO3. The summed E-state index contributed by atoms with van der Waals surface area (Å²) in [5.41, 5.74) is 0.190. The summed E-state index contributed by atoms with van der Waals surface area (Å²) in [4.78, 5) is 24.7. The van der Waals surface area contributed by atoms with Crippen molar-refractivity contribution < 1.29 is 14.3 Å². The van der Waals surface area contributed by atoms with Crippen LogP contribution in [0.5, 0.6) is 5.75 Å². The third-order valence-corrected chi connectivity index (χ3v) is 1.37. The number of Topliss-reactive ketones (excluding diaryl/α,β-unsaturated/α-hetero) is 1. The quantitative estimate of drug-likeness (QED) is 0.371. The number of hydrogen-bond acceptors (Lipinski definition) is 4. The van der Waals surface area contributed by atoms with Crippen LogP contribution < -0.4 is 4.74 Å². The van der Waals surface area contributed by atoms with Crippen LogP contribution in [0.2, 0.25) is 0 Å². The summed E-state index contributed by atoms with van der Waals surface area (Å²) < 4.78 is 4.85. The summed E-state index contributed by atoms with van der Waals surface area (Å²) in [5.74, 6) is -0.262. The van der Waals surface area contributed by atoms with E-state index in [0.717, 1.165) is 0 Å². The molecule has 0 spiro atoms.